The first-order chi connectivity index (χ1) is 16.0. The monoisotopic (exact) mass is 459 g/mol. The number of fused-ring (bicyclic) bond motifs is 1. The Bertz CT molecular complexity index is 890. The first kappa shape index (κ1) is 25.0. The Morgan fingerprint density at radius 2 is 1.88 bits per heavy atom. The Morgan fingerprint density at radius 3 is 2.61 bits per heavy atom. The summed E-state index contributed by atoms with van der Waals surface area (Å²) in [5.41, 5.74) is 6.90. The fourth-order valence-corrected chi connectivity index (χ4v) is 4.33. The molecule has 1 atom stereocenters. The fourth-order valence-electron chi connectivity index (χ4n) is 4.33. The molecule has 1 unspecified atom stereocenters. The van der Waals surface area contributed by atoms with Gasteiger partial charge in [-0.05, 0) is 63.5 Å². The number of unbranched alkanes of at least 4 members (excludes halogenated alkanes) is 1. The third kappa shape index (κ3) is 6.02. The van der Waals surface area contributed by atoms with E-state index in [1.165, 1.54) is 0 Å². The SMILES string of the molecule is NCCCN(CCO)CCCCNCc1cccc2c1C(=O)N(C1CCC(=O)NC1=O)C2=O. The number of rotatable bonds is 13. The highest BCUT2D eigenvalue weighted by molar-refractivity contribution is 6.24. The van der Waals surface area contributed by atoms with Gasteiger partial charge in [0.05, 0.1) is 17.7 Å². The molecule has 1 fully saturated rings. The van der Waals surface area contributed by atoms with Gasteiger partial charge in [-0.1, -0.05) is 12.1 Å². The van der Waals surface area contributed by atoms with Crippen LogP contribution in [0, 0.1) is 0 Å². The third-order valence-electron chi connectivity index (χ3n) is 6.04. The minimum absolute atomic E-state index is 0.0974. The number of piperidine rings is 1. The van der Waals surface area contributed by atoms with Crippen LogP contribution in [0.2, 0.25) is 0 Å². The van der Waals surface area contributed by atoms with Crippen LogP contribution < -0.4 is 16.4 Å². The van der Waals surface area contributed by atoms with Crippen molar-refractivity contribution in [3.8, 4) is 0 Å². The fraction of sp³-hybridized carbons (Fsp3) is 0.565. The van der Waals surface area contributed by atoms with Gasteiger partial charge in [0, 0.05) is 19.5 Å². The first-order valence-corrected chi connectivity index (χ1v) is 11.6. The predicted octanol–water partition coefficient (Wildman–Crippen LogP) is -0.399. The lowest BCUT2D eigenvalue weighted by molar-refractivity contribution is -0.136. The van der Waals surface area contributed by atoms with Crippen molar-refractivity contribution >= 4 is 23.6 Å². The molecule has 0 aromatic heterocycles. The Morgan fingerprint density at radius 1 is 1.09 bits per heavy atom. The van der Waals surface area contributed by atoms with E-state index in [1.54, 1.807) is 18.2 Å². The molecule has 1 saturated heterocycles. The number of benzene rings is 1. The summed E-state index contributed by atoms with van der Waals surface area (Å²) in [5.74, 6) is -1.98. The molecule has 2 heterocycles. The smallest absolute Gasteiger partial charge is 0.262 e. The van der Waals surface area contributed by atoms with E-state index in [2.05, 4.69) is 15.5 Å². The van der Waals surface area contributed by atoms with Crippen LogP contribution in [0.15, 0.2) is 18.2 Å². The van der Waals surface area contributed by atoms with E-state index in [0.29, 0.717) is 36.3 Å². The van der Waals surface area contributed by atoms with Crippen molar-refractivity contribution in [1.29, 1.82) is 0 Å². The normalized spacial score (nSPS) is 18.3. The number of nitrogens with zero attached hydrogens (tertiary/aromatic N) is 2. The second kappa shape index (κ2) is 12.0. The summed E-state index contributed by atoms with van der Waals surface area (Å²) in [6, 6.07) is 4.18. The zero-order valence-corrected chi connectivity index (χ0v) is 18.8. The zero-order valence-electron chi connectivity index (χ0n) is 18.8. The lowest BCUT2D eigenvalue weighted by atomic mass is 10.0. The van der Waals surface area contributed by atoms with Crippen LogP contribution in [0.25, 0.3) is 0 Å². The van der Waals surface area contributed by atoms with Gasteiger partial charge in [-0.25, -0.2) is 0 Å². The Hall–Kier alpha value is -2.66. The molecule has 1 aromatic rings. The molecule has 0 aliphatic carbocycles. The number of aliphatic hydroxyl groups is 1. The summed E-state index contributed by atoms with van der Waals surface area (Å²) in [6.07, 6.45) is 3.03. The number of nitrogens with two attached hydrogens (primary N) is 1. The number of aliphatic hydroxyl groups excluding tert-OH is 1. The summed E-state index contributed by atoms with van der Waals surface area (Å²) in [4.78, 5) is 52.8. The first-order valence-electron chi connectivity index (χ1n) is 11.6. The van der Waals surface area contributed by atoms with E-state index in [-0.39, 0.29) is 19.4 Å². The molecule has 33 heavy (non-hydrogen) atoms. The summed E-state index contributed by atoms with van der Waals surface area (Å²) in [7, 11) is 0. The van der Waals surface area contributed by atoms with E-state index in [1.807, 2.05) is 0 Å². The topological polar surface area (TPSA) is 145 Å². The Kier molecular flexibility index (Phi) is 9.07. The lowest BCUT2D eigenvalue weighted by Crippen LogP contribution is -2.54. The van der Waals surface area contributed by atoms with Gasteiger partial charge in [-0.15, -0.1) is 0 Å². The van der Waals surface area contributed by atoms with Crippen molar-refractivity contribution < 1.29 is 24.3 Å². The molecule has 0 saturated carbocycles. The summed E-state index contributed by atoms with van der Waals surface area (Å²) >= 11 is 0. The number of carbonyl (C=O) groups is 4. The minimum Gasteiger partial charge on any atom is -0.395 e. The van der Waals surface area contributed by atoms with E-state index >= 15 is 0 Å². The van der Waals surface area contributed by atoms with Crippen molar-refractivity contribution in [2.24, 2.45) is 5.73 Å². The molecular weight excluding hydrogens is 426 g/mol. The maximum Gasteiger partial charge on any atom is 0.262 e. The Balaban J connectivity index is 1.53. The molecule has 10 heteroatoms. The largest absolute Gasteiger partial charge is 0.395 e. The molecular formula is C23H33N5O5. The van der Waals surface area contributed by atoms with Gasteiger partial charge < -0.3 is 21.1 Å². The van der Waals surface area contributed by atoms with E-state index in [4.69, 9.17) is 5.73 Å². The number of nitrogens with one attached hydrogen (secondary N) is 2. The van der Waals surface area contributed by atoms with Crippen LogP contribution in [0.4, 0.5) is 0 Å². The maximum absolute atomic E-state index is 13.1. The van der Waals surface area contributed by atoms with Crippen molar-refractivity contribution in [3.05, 3.63) is 34.9 Å². The summed E-state index contributed by atoms with van der Waals surface area (Å²) in [5, 5.41) is 14.7. The third-order valence-corrected chi connectivity index (χ3v) is 6.04. The highest BCUT2D eigenvalue weighted by atomic mass is 16.3. The van der Waals surface area contributed by atoms with Crippen LogP contribution in [0.3, 0.4) is 0 Å². The summed E-state index contributed by atoms with van der Waals surface area (Å²) in [6.45, 7) is 4.34. The average Bonchev–Trinajstić information content (AvgIpc) is 3.05. The van der Waals surface area contributed by atoms with Gasteiger partial charge in [0.2, 0.25) is 11.8 Å². The van der Waals surface area contributed by atoms with Gasteiger partial charge in [-0.2, -0.15) is 0 Å². The van der Waals surface area contributed by atoms with Gasteiger partial charge in [-0.3, -0.25) is 29.4 Å². The van der Waals surface area contributed by atoms with Crippen LogP contribution in [-0.4, -0.2) is 83.9 Å². The van der Waals surface area contributed by atoms with E-state index < -0.39 is 29.7 Å². The zero-order chi connectivity index (χ0) is 23.8. The van der Waals surface area contributed by atoms with Gasteiger partial charge in [0.1, 0.15) is 6.04 Å². The maximum atomic E-state index is 13.1. The minimum atomic E-state index is -0.961. The molecule has 2 aliphatic rings. The quantitative estimate of drug-likeness (QED) is 0.230. The molecule has 0 spiro atoms. The predicted molar refractivity (Wildman–Crippen MR) is 121 cm³/mol. The van der Waals surface area contributed by atoms with Crippen molar-refractivity contribution in [2.45, 2.75) is 44.7 Å². The van der Waals surface area contributed by atoms with Crippen molar-refractivity contribution in [1.82, 2.24) is 20.4 Å². The molecule has 0 bridgehead atoms. The van der Waals surface area contributed by atoms with Crippen molar-refractivity contribution in [2.75, 3.05) is 39.3 Å². The second-order valence-electron chi connectivity index (χ2n) is 8.38. The number of hydrogen-bond donors (Lipinski definition) is 4. The van der Waals surface area contributed by atoms with Gasteiger partial charge in [0.15, 0.2) is 0 Å². The van der Waals surface area contributed by atoms with Gasteiger partial charge >= 0.3 is 0 Å². The highest BCUT2D eigenvalue weighted by Crippen LogP contribution is 2.29. The second-order valence-corrected chi connectivity index (χ2v) is 8.38. The number of hydrogen-bond acceptors (Lipinski definition) is 8. The molecule has 1 aromatic carbocycles. The lowest BCUT2D eigenvalue weighted by Gasteiger charge is -2.27. The van der Waals surface area contributed by atoms with Crippen LogP contribution in [-0.2, 0) is 16.1 Å². The van der Waals surface area contributed by atoms with E-state index in [9.17, 15) is 24.3 Å². The molecule has 0 radical (unpaired) electrons. The summed E-state index contributed by atoms with van der Waals surface area (Å²) < 4.78 is 0. The molecule has 2 aliphatic heterocycles. The van der Waals surface area contributed by atoms with Crippen molar-refractivity contribution in [3.63, 3.8) is 0 Å². The molecule has 4 amide bonds. The molecule has 3 rings (SSSR count). The van der Waals surface area contributed by atoms with E-state index in [0.717, 1.165) is 43.8 Å². The van der Waals surface area contributed by atoms with Crippen LogP contribution in [0.1, 0.15) is 58.4 Å². The van der Waals surface area contributed by atoms with Crippen LogP contribution >= 0.6 is 0 Å². The van der Waals surface area contributed by atoms with Crippen LogP contribution in [0.5, 0.6) is 0 Å². The Labute approximate surface area is 193 Å². The number of carbonyl (C=O) groups excluding carboxylic acids is 4. The average molecular weight is 460 g/mol. The number of imide groups is 2. The molecule has 180 valence electrons. The highest BCUT2D eigenvalue weighted by Gasteiger charge is 2.45. The van der Waals surface area contributed by atoms with Gasteiger partial charge in [0.25, 0.3) is 11.8 Å². The standard InChI is InChI=1S/C23H33N5O5/c24-9-4-12-27(13-14-29)11-2-1-10-25-15-16-5-3-6-17-20(16)23(33)28(22(17)32)18-7-8-19(30)26-21(18)31/h3,5-6,18,25,29H,1-2,4,7-15,24H2,(H,26,30,31). The molecule has 10 nitrogen and oxygen atoms in total. The number of amides is 4. The molecule has 5 N–H and O–H groups in total.